The number of benzene rings is 3. The Morgan fingerprint density at radius 1 is 1.03 bits per heavy atom. The number of nitro benzene ring substituents is 1. The molecule has 0 spiro atoms. The van der Waals surface area contributed by atoms with Crippen molar-refractivity contribution in [2.24, 2.45) is 5.92 Å². The summed E-state index contributed by atoms with van der Waals surface area (Å²) in [6.45, 7) is 0. The lowest BCUT2D eigenvalue weighted by Crippen LogP contribution is -2.37. The van der Waals surface area contributed by atoms with E-state index in [4.69, 9.17) is 21.2 Å². The molecule has 2 amide bonds. The molecule has 2 aliphatic heterocycles. The molecule has 0 aromatic heterocycles. The standard InChI is InChI=1S/C24H17ClFN3O6/c1-34-16-8-3-5-13(12-16)27-23(30)20-21(19-17(25)9-4-10-18(19)26)28(35-22(20)24(27)31)14-6-2-7-15(11-14)29(32)33/h2-12,20-22H,1H3/t20-,21-,22-/m0/s1. The number of carbonyl (C=O) groups excluding carboxylic acids is 2. The van der Waals surface area contributed by atoms with Crippen molar-refractivity contribution in [3.05, 3.63) is 93.2 Å². The zero-order valence-corrected chi connectivity index (χ0v) is 18.9. The Morgan fingerprint density at radius 2 is 1.74 bits per heavy atom. The van der Waals surface area contributed by atoms with Crippen LogP contribution in [0.1, 0.15) is 11.6 Å². The molecule has 2 saturated heterocycles. The maximum absolute atomic E-state index is 15.1. The van der Waals surface area contributed by atoms with Crippen LogP contribution in [0.3, 0.4) is 0 Å². The van der Waals surface area contributed by atoms with Crippen molar-refractivity contribution in [2.45, 2.75) is 12.1 Å². The molecule has 3 atom stereocenters. The Kier molecular flexibility index (Phi) is 5.62. The molecule has 11 heteroatoms. The van der Waals surface area contributed by atoms with E-state index in [2.05, 4.69) is 0 Å². The van der Waals surface area contributed by atoms with Crippen LogP contribution in [0.5, 0.6) is 5.75 Å². The predicted octanol–water partition coefficient (Wildman–Crippen LogP) is 4.45. The number of rotatable bonds is 5. The molecule has 2 heterocycles. The number of fused-ring (bicyclic) bond motifs is 1. The Hall–Kier alpha value is -4.02. The highest BCUT2D eigenvalue weighted by Crippen LogP contribution is 2.50. The summed E-state index contributed by atoms with van der Waals surface area (Å²) in [5, 5.41) is 12.5. The van der Waals surface area contributed by atoms with Crippen molar-refractivity contribution in [2.75, 3.05) is 17.1 Å². The van der Waals surface area contributed by atoms with Gasteiger partial charge in [0.25, 0.3) is 11.6 Å². The summed E-state index contributed by atoms with van der Waals surface area (Å²) >= 11 is 6.35. The van der Waals surface area contributed by atoms with Crippen molar-refractivity contribution >= 4 is 40.5 Å². The molecule has 2 aliphatic rings. The van der Waals surface area contributed by atoms with Gasteiger partial charge in [-0.2, -0.15) is 0 Å². The molecule has 178 valence electrons. The van der Waals surface area contributed by atoms with E-state index in [1.54, 1.807) is 18.2 Å². The van der Waals surface area contributed by atoms with E-state index in [0.717, 1.165) is 9.96 Å². The van der Waals surface area contributed by atoms with Gasteiger partial charge in [0.05, 0.1) is 23.4 Å². The first-order chi connectivity index (χ1) is 16.8. The fraction of sp³-hybridized carbons (Fsp3) is 0.167. The zero-order chi connectivity index (χ0) is 24.9. The third-order valence-electron chi connectivity index (χ3n) is 6.02. The number of halogens is 2. The largest absolute Gasteiger partial charge is 0.497 e. The van der Waals surface area contributed by atoms with Crippen LogP contribution in [0.2, 0.25) is 5.02 Å². The van der Waals surface area contributed by atoms with Crippen LogP contribution < -0.4 is 14.7 Å². The van der Waals surface area contributed by atoms with Crippen LogP contribution in [0.15, 0.2) is 66.7 Å². The van der Waals surface area contributed by atoms with Gasteiger partial charge in [-0.1, -0.05) is 29.8 Å². The predicted molar refractivity (Wildman–Crippen MR) is 124 cm³/mol. The molecule has 0 saturated carbocycles. The third-order valence-corrected chi connectivity index (χ3v) is 6.35. The molecule has 2 fully saturated rings. The number of hydrogen-bond donors (Lipinski definition) is 0. The fourth-order valence-corrected chi connectivity index (χ4v) is 4.75. The van der Waals surface area contributed by atoms with E-state index < -0.39 is 40.6 Å². The second kappa shape index (κ2) is 8.64. The number of non-ortho nitro benzene ring substituents is 1. The summed E-state index contributed by atoms with van der Waals surface area (Å²) in [6.07, 6.45) is -1.30. The minimum absolute atomic E-state index is 0.0229. The highest BCUT2D eigenvalue weighted by Gasteiger charge is 2.61. The van der Waals surface area contributed by atoms with Gasteiger partial charge in [0, 0.05) is 28.8 Å². The van der Waals surface area contributed by atoms with E-state index in [0.29, 0.717) is 5.75 Å². The van der Waals surface area contributed by atoms with E-state index in [9.17, 15) is 19.7 Å². The number of ether oxygens (including phenoxy) is 1. The lowest BCUT2D eigenvalue weighted by atomic mass is 9.90. The topological polar surface area (TPSA) is 102 Å². The second-order valence-electron chi connectivity index (χ2n) is 7.95. The SMILES string of the molecule is COc1cccc(N2C(=O)[C@@H]3[C@H](ON(c4cccc([N+](=O)[O-])c4)[C@H]3c3c(F)cccc3Cl)C2=O)c1. The lowest BCUT2D eigenvalue weighted by molar-refractivity contribution is -0.384. The molecular formula is C24H17ClFN3O6. The summed E-state index contributed by atoms with van der Waals surface area (Å²) in [5.41, 5.74) is 0.156. The summed E-state index contributed by atoms with van der Waals surface area (Å²) in [6, 6.07) is 14.7. The molecular weight excluding hydrogens is 481 g/mol. The van der Waals surface area contributed by atoms with E-state index in [-0.39, 0.29) is 27.6 Å². The molecule has 0 N–H and O–H groups in total. The third kappa shape index (κ3) is 3.67. The quantitative estimate of drug-likeness (QED) is 0.291. The number of imide groups is 1. The van der Waals surface area contributed by atoms with Crippen LogP contribution in [-0.2, 0) is 14.4 Å². The second-order valence-corrected chi connectivity index (χ2v) is 8.36. The summed E-state index contributed by atoms with van der Waals surface area (Å²) in [5.74, 6) is -2.71. The monoisotopic (exact) mass is 497 g/mol. The van der Waals surface area contributed by atoms with Crippen molar-refractivity contribution in [3.8, 4) is 5.75 Å². The average Bonchev–Trinajstić information content (AvgIpc) is 3.35. The van der Waals surface area contributed by atoms with Gasteiger partial charge in [-0.15, -0.1) is 0 Å². The molecule has 5 rings (SSSR count). The van der Waals surface area contributed by atoms with Crippen LogP contribution in [0.25, 0.3) is 0 Å². The van der Waals surface area contributed by atoms with Crippen LogP contribution in [0.4, 0.5) is 21.5 Å². The van der Waals surface area contributed by atoms with Gasteiger partial charge in [0.15, 0.2) is 6.10 Å². The Balaban J connectivity index is 1.63. The molecule has 0 bridgehead atoms. The van der Waals surface area contributed by atoms with E-state index in [1.807, 2.05) is 0 Å². The molecule has 9 nitrogen and oxygen atoms in total. The fourth-order valence-electron chi connectivity index (χ4n) is 4.47. The summed E-state index contributed by atoms with van der Waals surface area (Å²) in [7, 11) is 1.46. The van der Waals surface area contributed by atoms with Crippen molar-refractivity contribution < 1.29 is 28.5 Å². The van der Waals surface area contributed by atoms with Crippen LogP contribution in [-0.4, -0.2) is 30.0 Å². The number of amides is 2. The molecule has 3 aromatic rings. The van der Waals surface area contributed by atoms with Crippen molar-refractivity contribution in [1.82, 2.24) is 0 Å². The smallest absolute Gasteiger partial charge is 0.271 e. The van der Waals surface area contributed by atoms with Crippen molar-refractivity contribution in [3.63, 3.8) is 0 Å². The minimum Gasteiger partial charge on any atom is -0.497 e. The van der Waals surface area contributed by atoms with Crippen LogP contribution >= 0.6 is 11.6 Å². The van der Waals surface area contributed by atoms with Gasteiger partial charge >= 0.3 is 0 Å². The average molecular weight is 498 g/mol. The zero-order valence-electron chi connectivity index (χ0n) is 18.1. The number of anilines is 2. The van der Waals surface area contributed by atoms with Crippen LogP contribution in [0, 0.1) is 21.8 Å². The Bertz CT molecular complexity index is 1350. The molecule has 3 aromatic carbocycles. The normalized spacial score (nSPS) is 21.4. The first-order valence-corrected chi connectivity index (χ1v) is 10.9. The maximum atomic E-state index is 15.1. The van der Waals surface area contributed by atoms with Gasteiger partial charge in [-0.05, 0) is 30.3 Å². The van der Waals surface area contributed by atoms with Gasteiger partial charge in [0.1, 0.15) is 23.5 Å². The Morgan fingerprint density at radius 3 is 2.46 bits per heavy atom. The minimum atomic E-state index is -1.30. The number of methoxy groups -OCH3 is 1. The number of nitro groups is 1. The molecule has 0 unspecified atom stereocenters. The van der Waals surface area contributed by atoms with E-state index in [1.165, 1.54) is 55.6 Å². The number of hydroxylamine groups is 1. The first-order valence-electron chi connectivity index (χ1n) is 10.5. The van der Waals surface area contributed by atoms with Crippen molar-refractivity contribution in [1.29, 1.82) is 0 Å². The van der Waals surface area contributed by atoms with Gasteiger partial charge in [-0.3, -0.25) is 24.5 Å². The number of hydrogen-bond acceptors (Lipinski definition) is 7. The number of carbonyl (C=O) groups is 2. The van der Waals surface area contributed by atoms with E-state index >= 15 is 4.39 Å². The van der Waals surface area contributed by atoms with Gasteiger partial charge in [0.2, 0.25) is 5.91 Å². The summed E-state index contributed by atoms with van der Waals surface area (Å²) < 4.78 is 20.3. The maximum Gasteiger partial charge on any atom is 0.271 e. The summed E-state index contributed by atoms with van der Waals surface area (Å²) in [4.78, 5) is 44.6. The van der Waals surface area contributed by atoms with Gasteiger partial charge in [-0.25, -0.2) is 14.4 Å². The Labute approximate surface area is 203 Å². The first kappa shape index (κ1) is 22.8. The van der Waals surface area contributed by atoms with Gasteiger partial charge < -0.3 is 4.74 Å². The highest BCUT2D eigenvalue weighted by atomic mass is 35.5. The molecule has 0 radical (unpaired) electrons. The molecule has 0 aliphatic carbocycles. The highest BCUT2D eigenvalue weighted by molar-refractivity contribution is 6.31. The lowest BCUT2D eigenvalue weighted by Gasteiger charge is -2.29. The number of nitrogens with zero attached hydrogens (tertiary/aromatic N) is 3. The molecule has 35 heavy (non-hydrogen) atoms.